The number of anilines is 1. The molecule has 4 heteroatoms. The second-order valence-corrected chi connectivity index (χ2v) is 7.56. The van der Waals surface area contributed by atoms with Gasteiger partial charge in [0.1, 0.15) is 0 Å². The molecule has 1 amide bonds. The molecule has 0 spiro atoms. The van der Waals surface area contributed by atoms with Gasteiger partial charge in [-0.1, -0.05) is 18.2 Å². The van der Waals surface area contributed by atoms with Gasteiger partial charge in [0.2, 0.25) is 5.91 Å². The van der Waals surface area contributed by atoms with Crippen LogP contribution in [0.1, 0.15) is 45.1 Å². The van der Waals surface area contributed by atoms with Crippen LogP contribution >= 0.6 is 0 Å². The number of aryl methyl sites for hydroxylation is 1. The van der Waals surface area contributed by atoms with Crippen LogP contribution in [0.25, 0.3) is 0 Å². The Kier molecular flexibility index (Phi) is 5.44. The van der Waals surface area contributed by atoms with E-state index in [4.69, 9.17) is 5.73 Å². The molecule has 1 fully saturated rings. The van der Waals surface area contributed by atoms with E-state index < -0.39 is 0 Å². The van der Waals surface area contributed by atoms with E-state index in [1.165, 1.54) is 17.7 Å². The van der Waals surface area contributed by atoms with Gasteiger partial charge in [0.25, 0.3) is 0 Å². The molecule has 0 aliphatic carbocycles. The smallest absolute Gasteiger partial charge is 0.224 e. The Balaban J connectivity index is 1.60. The number of para-hydroxylation sites is 1. The number of fused-ring (bicyclic) bond motifs is 1. The monoisotopic (exact) mass is 329 g/mol. The zero-order valence-electron chi connectivity index (χ0n) is 15.1. The van der Waals surface area contributed by atoms with Gasteiger partial charge in [-0.2, -0.15) is 0 Å². The van der Waals surface area contributed by atoms with Crippen molar-refractivity contribution in [1.29, 1.82) is 0 Å². The van der Waals surface area contributed by atoms with Crippen molar-refractivity contribution in [2.45, 2.75) is 58.0 Å². The third kappa shape index (κ3) is 3.75. The number of hydrogen-bond acceptors (Lipinski definition) is 3. The maximum atomic E-state index is 12.7. The van der Waals surface area contributed by atoms with E-state index in [2.05, 4.69) is 43.0 Å². The van der Waals surface area contributed by atoms with Gasteiger partial charge in [0, 0.05) is 43.8 Å². The number of carbonyl (C=O) groups excluding carboxylic acids is 1. The van der Waals surface area contributed by atoms with E-state index in [9.17, 15) is 4.79 Å². The van der Waals surface area contributed by atoms with Crippen LogP contribution in [-0.4, -0.2) is 42.5 Å². The summed E-state index contributed by atoms with van der Waals surface area (Å²) in [5, 5.41) is 0. The second-order valence-electron chi connectivity index (χ2n) is 7.56. The lowest BCUT2D eigenvalue weighted by molar-refractivity contribution is -0.132. The average molecular weight is 329 g/mol. The van der Waals surface area contributed by atoms with Crippen LogP contribution in [-0.2, 0) is 11.2 Å². The van der Waals surface area contributed by atoms with Gasteiger partial charge in [-0.05, 0) is 57.1 Å². The number of amides is 1. The molecular formula is C20H31N3O. The fourth-order valence-corrected chi connectivity index (χ4v) is 4.14. The molecule has 0 aromatic heterocycles. The van der Waals surface area contributed by atoms with Gasteiger partial charge in [-0.25, -0.2) is 0 Å². The van der Waals surface area contributed by atoms with Gasteiger partial charge in [0.15, 0.2) is 0 Å². The second kappa shape index (κ2) is 7.56. The van der Waals surface area contributed by atoms with Crippen LogP contribution in [0.5, 0.6) is 0 Å². The number of piperidine rings is 1. The SMILES string of the molecule is C[C@H](N)[C@@H]1CCCN(C(=O)CCN2c3ccccc3CC[C@@H]2C)C1. The van der Waals surface area contributed by atoms with Gasteiger partial charge < -0.3 is 15.5 Å². The molecule has 132 valence electrons. The molecule has 3 atom stereocenters. The van der Waals surface area contributed by atoms with Crippen molar-refractivity contribution in [2.75, 3.05) is 24.5 Å². The van der Waals surface area contributed by atoms with Crippen molar-refractivity contribution in [1.82, 2.24) is 4.90 Å². The molecular weight excluding hydrogens is 298 g/mol. The van der Waals surface area contributed by atoms with Crippen molar-refractivity contribution in [3.63, 3.8) is 0 Å². The lowest BCUT2D eigenvalue weighted by Gasteiger charge is -2.38. The lowest BCUT2D eigenvalue weighted by Crippen LogP contribution is -2.46. The number of nitrogens with two attached hydrogens (primary N) is 1. The Morgan fingerprint density at radius 2 is 2.12 bits per heavy atom. The first-order chi connectivity index (χ1) is 11.6. The number of benzene rings is 1. The first-order valence-corrected chi connectivity index (χ1v) is 9.44. The van der Waals surface area contributed by atoms with Crippen LogP contribution < -0.4 is 10.6 Å². The fourth-order valence-electron chi connectivity index (χ4n) is 4.14. The van der Waals surface area contributed by atoms with Gasteiger partial charge in [0.05, 0.1) is 0 Å². The Labute approximate surface area is 146 Å². The van der Waals surface area contributed by atoms with Crippen molar-refractivity contribution in [3.8, 4) is 0 Å². The Morgan fingerprint density at radius 1 is 1.33 bits per heavy atom. The first-order valence-electron chi connectivity index (χ1n) is 9.44. The molecule has 3 rings (SSSR count). The molecule has 2 heterocycles. The van der Waals surface area contributed by atoms with Crippen LogP contribution in [0, 0.1) is 5.92 Å². The molecule has 2 N–H and O–H groups in total. The molecule has 1 aromatic rings. The standard InChI is InChI=1S/C20H31N3O/c1-15-9-10-17-6-3-4-8-19(17)23(15)13-11-20(24)22-12-5-7-18(14-22)16(2)21/h3-4,6,8,15-16,18H,5,7,9-14,21H2,1-2H3/t15-,16-,18+/m0/s1. The molecule has 0 radical (unpaired) electrons. The summed E-state index contributed by atoms with van der Waals surface area (Å²) >= 11 is 0. The van der Waals surface area contributed by atoms with Gasteiger partial charge in [-0.15, -0.1) is 0 Å². The van der Waals surface area contributed by atoms with Gasteiger partial charge >= 0.3 is 0 Å². The highest BCUT2D eigenvalue weighted by Crippen LogP contribution is 2.30. The van der Waals surface area contributed by atoms with Crippen LogP contribution in [0.3, 0.4) is 0 Å². The van der Waals surface area contributed by atoms with E-state index >= 15 is 0 Å². The van der Waals surface area contributed by atoms with E-state index in [-0.39, 0.29) is 11.9 Å². The van der Waals surface area contributed by atoms with E-state index in [1.54, 1.807) is 0 Å². The van der Waals surface area contributed by atoms with Crippen molar-refractivity contribution < 1.29 is 4.79 Å². The molecule has 2 aliphatic heterocycles. The summed E-state index contributed by atoms with van der Waals surface area (Å²) in [5.41, 5.74) is 8.78. The van der Waals surface area contributed by atoms with E-state index in [1.807, 2.05) is 4.90 Å². The summed E-state index contributed by atoms with van der Waals surface area (Å²) in [6.07, 6.45) is 5.15. The number of nitrogens with zero attached hydrogens (tertiary/aromatic N) is 2. The number of hydrogen-bond donors (Lipinski definition) is 1. The minimum Gasteiger partial charge on any atom is -0.368 e. The quantitative estimate of drug-likeness (QED) is 0.924. The van der Waals surface area contributed by atoms with Crippen molar-refractivity contribution in [3.05, 3.63) is 29.8 Å². The summed E-state index contributed by atoms with van der Waals surface area (Å²) in [5.74, 6) is 0.743. The number of likely N-dealkylation sites (tertiary alicyclic amines) is 1. The highest BCUT2D eigenvalue weighted by molar-refractivity contribution is 5.77. The number of carbonyl (C=O) groups is 1. The molecule has 4 nitrogen and oxygen atoms in total. The predicted molar refractivity (Wildman–Crippen MR) is 99.1 cm³/mol. The van der Waals surface area contributed by atoms with Crippen LogP contribution in [0.2, 0.25) is 0 Å². The van der Waals surface area contributed by atoms with Crippen molar-refractivity contribution >= 4 is 11.6 Å². The minimum absolute atomic E-state index is 0.176. The third-order valence-corrected chi connectivity index (χ3v) is 5.79. The summed E-state index contributed by atoms with van der Waals surface area (Å²) in [6.45, 7) is 6.88. The maximum absolute atomic E-state index is 12.7. The predicted octanol–water partition coefficient (Wildman–Crippen LogP) is 2.80. The zero-order valence-corrected chi connectivity index (χ0v) is 15.1. The fraction of sp³-hybridized carbons (Fsp3) is 0.650. The molecule has 1 aromatic carbocycles. The van der Waals surface area contributed by atoms with Crippen LogP contribution in [0.15, 0.2) is 24.3 Å². The average Bonchev–Trinajstić information content (AvgIpc) is 2.60. The first kappa shape index (κ1) is 17.3. The molecule has 0 saturated carbocycles. The lowest BCUT2D eigenvalue weighted by atomic mass is 9.92. The highest BCUT2D eigenvalue weighted by Gasteiger charge is 2.27. The van der Waals surface area contributed by atoms with Crippen molar-refractivity contribution in [2.24, 2.45) is 11.7 Å². The summed E-state index contributed by atoms with van der Waals surface area (Å²) in [7, 11) is 0. The zero-order chi connectivity index (χ0) is 17.1. The molecule has 1 saturated heterocycles. The third-order valence-electron chi connectivity index (χ3n) is 5.79. The van der Waals surface area contributed by atoms with Gasteiger partial charge in [-0.3, -0.25) is 4.79 Å². The number of rotatable bonds is 4. The van der Waals surface area contributed by atoms with E-state index in [0.29, 0.717) is 18.4 Å². The molecule has 0 bridgehead atoms. The Morgan fingerprint density at radius 3 is 2.92 bits per heavy atom. The Hall–Kier alpha value is -1.55. The minimum atomic E-state index is 0.176. The largest absolute Gasteiger partial charge is 0.368 e. The summed E-state index contributed by atoms with van der Waals surface area (Å²) < 4.78 is 0. The summed E-state index contributed by atoms with van der Waals surface area (Å²) in [6, 6.07) is 9.31. The molecule has 2 aliphatic rings. The normalized spacial score (nSPS) is 25.3. The topological polar surface area (TPSA) is 49.6 Å². The molecule has 0 unspecified atom stereocenters. The highest BCUT2D eigenvalue weighted by atomic mass is 16.2. The summed E-state index contributed by atoms with van der Waals surface area (Å²) in [4.78, 5) is 17.1. The Bertz CT molecular complexity index is 572. The van der Waals surface area contributed by atoms with Crippen LogP contribution in [0.4, 0.5) is 5.69 Å². The van der Waals surface area contributed by atoms with E-state index in [0.717, 1.165) is 38.9 Å². The molecule has 24 heavy (non-hydrogen) atoms. The maximum Gasteiger partial charge on any atom is 0.224 e.